The summed E-state index contributed by atoms with van der Waals surface area (Å²) >= 11 is 3.39. The highest BCUT2D eigenvalue weighted by molar-refractivity contribution is 9.10. The third kappa shape index (κ3) is 4.68. The lowest BCUT2D eigenvalue weighted by Gasteiger charge is -2.35. The summed E-state index contributed by atoms with van der Waals surface area (Å²) in [5.74, 6) is -0.321. The molecule has 0 spiro atoms. The lowest BCUT2D eigenvalue weighted by molar-refractivity contribution is -0.134. The van der Waals surface area contributed by atoms with E-state index in [2.05, 4.69) is 22.9 Å². The van der Waals surface area contributed by atoms with E-state index < -0.39 is 9.84 Å². The summed E-state index contributed by atoms with van der Waals surface area (Å²) in [7, 11) is -3.66. The number of amides is 2. The molecule has 2 aliphatic rings. The largest absolute Gasteiger partial charge is 0.340 e. The average Bonchev–Trinajstić information content (AvgIpc) is 3.13. The summed E-state index contributed by atoms with van der Waals surface area (Å²) in [6, 6.07) is 3.61. The minimum Gasteiger partial charge on any atom is -0.340 e. The Balaban J connectivity index is 1.77. The summed E-state index contributed by atoms with van der Waals surface area (Å²) in [6.07, 6.45) is 5.07. The first-order valence-corrected chi connectivity index (χ1v) is 12.9. The van der Waals surface area contributed by atoms with Gasteiger partial charge in [0.2, 0.25) is 11.8 Å². The van der Waals surface area contributed by atoms with Gasteiger partial charge in [0.25, 0.3) is 0 Å². The van der Waals surface area contributed by atoms with Crippen LogP contribution in [0, 0.1) is 0 Å². The number of hydrogen-bond donors (Lipinski definition) is 0. The van der Waals surface area contributed by atoms with Gasteiger partial charge in [0.05, 0.1) is 10.6 Å². The second-order valence-corrected chi connectivity index (χ2v) is 10.7. The first-order valence-electron chi connectivity index (χ1n) is 10.4. The van der Waals surface area contributed by atoms with Crippen LogP contribution in [0.4, 0.5) is 5.69 Å². The Kier molecular flexibility index (Phi) is 7.04. The van der Waals surface area contributed by atoms with E-state index in [9.17, 15) is 18.0 Å². The summed E-state index contributed by atoms with van der Waals surface area (Å²) in [5.41, 5.74) is 1.64. The second kappa shape index (κ2) is 9.16. The molecule has 0 N–H and O–H groups in total. The van der Waals surface area contributed by atoms with Crippen LogP contribution in [0.25, 0.3) is 0 Å². The highest BCUT2D eigenvalue weighted by Crippen LogP contribution is 2.36. The molecule has 6 nitrogen and oxygen atoms in total. The standard InChI is InChI=1S/C21H29BrN2O4S/c1-3-16-7-5-6-10-23(16)21(26)9-12-29(27,28)19-14-18-15(13-17(19)22)8-11-24(18)20(25)4-2/h13-14,16H,3-12H2,1-2H3/t16-/m0/s1. The second-order valence-electron chi connectivity index (χ2n) is 7.77. The minimum atomic E-state index is -3.66. The quantitative estimate of drug-likeness (QED) is 0.616. The van der Waals surface area contributed by atoms with Gasteiger partial charge in [-0.15, -0.1) is 0 Å². The molecule has 1 aromatic carbocycles. The van der Waals surface area contributed by atoms with Gasteiger partial charge in [-0.05, 0) is 65.7 Å². The zero-order chi connectivity index (χ0) is 21.2. The molecule has 2 heterocycles. The van der Waals surface area contributed by atoms with E-state index in [0.717, 1.165) is 31.2 Å². The van der Waals surface area contributed by atoms with Crippen molar-refractivity contribution in [2.75, 3.05) is 23.7 Å². The molecule has 3 rings (SSSR count). The maximum atomic E-state index is 13.0. The van der Waals surface area contributed by atoms with Gasteiger partial charge in [0.15, 0.2) is 9.84 Å². The topological polar surface area (TPSA) is 74.8 Å². The first-order chi connectivity index (χ1) is 13.8. The molecule has 1 saturated heterocycles. The van der Waals surface area contributed by atoms with Gasteiger partial charge in [0.1, 0.15) is 0 Å². The lowest BCUT2D eigenvalue weighted by Crippen LogP contribution is -2.43. The van der Waals surface area contributed by atoms with E-state index in [1.165, 1.54) is 0 Å². The molecule has 29 heavy (non-hydrogen) atoms. The maximum absolute atomic E-state index is 13.0. The van der Waals surface area contributed by atoms with Crippen molar-refractivity contribution < 1.29 is 18.0 Å². The van der Waals surface area contributed by atoms with Crippen LogP contribution in [0.15, 0.2) is 21.5 Å². The van der Waals surface area contributed by atoms with Crippen molar-refractivity contribution in [2.45, 2.75) is 69.7 Å². The Labute approximate surface area is 181 Å². The number of carbonyl (C=O) groups excluding carboxylic acids is 2. The first kappa shape index (κ1) is 22.3. The predicted octanol–water partition coefficient (Wildman–Crippen LogP) is 3.70. The predicted molar refractivity (Wildman–Crippen MR) is 117 cm³/mol. The van der Waals surface area contributed by atoms with E-state index in [1.54, 1.807) is 24.0 Å². The molecule has 8 heteroatoms. The highest BCUT2D eigenvalue weighted by Gasteiger charge is 2.30. The lowest BCUT2D eigenvalue weighted by atomic mass is 10.00. The van der Waals surface area contributed by atoms with Crippen molar-refractivity contribution in [1.29, 1.82) is 0 Å². The molecule has 2 aliphatic heterocycles. The molecular weight excluding hydrogens is 456 g/mol. The molecule has 0 aliphatic carbocycles. The number of carbonyl (C=O) groups is 2. The summed E-state index contributed by atoms with van der Waals surface area (Å²) < 4.78 is 26.6. The number of fused-ring (bicyclic) bond motifs is 1. The van der Waals surface area contributed by atoms with Gasteiger partial charge in [-0.2, -0.15) is 0 Å². The number of rotatable bonds is 6. The fourth-order valence-electron chi connectivity index (χ4n) is 4.30. The maximum Gasteiger partial charge on any atom is 0.226 e. The van der Waals surface area contributed by atoms with Crippen LogP contribution in [0.3, 0.4) is 0 Å². The summed E-state index contributed by atoms with van der Waals surface area (Å²) in [6.45, 7) is 5.16. The zero-order valence-corrected chi connectivity index (χ0v) is 19.5. The monoisotopic (exact) mass is 484 g/mol. The number of likely N-dealkylation sites (tertiary alicyclic amines) is 1. The molecule has 2 amide bonds. The van der Waals surface area contributed by atoms with Gasteiger partial charge in [-0.25, -0.2) is 8.42 Å². The van der Waals surface area contributed by atoms with Gasteiger partial charge in [-0.3, -0.25) is 9.59 Å². The minimum absolute atomic E-state index is 0.0136. The number of anilines is 1. The van der Waals surface area contributed by atoms with Gasteiger partial charge in [-0.1, -0.05) is 13.8 Å². The molecule has 160 valence electrons. The fraction of sp³-hybridized carbons (Fsp3) is 0.619. The molecular formula is C21H29BrN2O4S. The molecule has 1 aromatic rings. The summed E-state index contributed by atoms with van der Waals surface area (Å²) in [4.78, 5) is 28.6. The fourth-order valence-corrected chi connectivity index (χ4v) is 6.75. The van der Waals surface area contributed by atoms with Crippen LogP contribution < -0.4 is 4.90 Å². The van der Waals surface area contributed by atoms with Crippen LogP contribution in [-0.2, 0) is 25.8 Å². The third-order valence-corrected chi connectivity index (χ3v) is 8.64. The molecule has 0 saturated carbocycles. The van der Waals surface area contributed by atoms with Crippen molar-refractivity contribution in [3.8, 4) is 0 Å². The Morgan fingerprint density at radius 2 is 1.90 bits per heavy atom. The summed E-state index contributed by atoms with van der Waals surface area (Å²) in [5, 5.41) is 0. The highest BCUT2D eigenvalue weighted by atomic mass is 79.9. The van der Waals surface area contributed by atoms with Crippen molar-refractivity contribution in [3.63, 3.8) is 0 Å². The number of nitrogens with zero attached hydrogens (tertiary/aromatic N) is 2. The zero-order valence-electron chi connectivity index (χ0n) is 17.1. The molecule has 1 fully saturated rings. The molecule has 0 unspecified atom stereocenters. The van der Waals surface area contributed by atoms with Crippen LogP contribution in [0.1, 0.15) is 57.9 Å². The number of benzene rings is 1. The van der Waals surface area contributed by atoms with E-state index in [-0.39, 0.29) is 34.9 Å². The average molecular weight is 485 g/mol. The molecule has 1 atom stereocenters. The number of hydrogen-bond acceptors (Lipinski definition) is 4. The van der Waals surface area contributed by atoms with Crippen molar-refractivity contribution >= 4 is 43.3 Å². The van der Waals surface area contributed by atoms with Crippen molar-refractivity contribution in [3.05, 3.63) is 22.2 Å². The van der Waals surface area contributed by atoms with E-state index >= 15 is 0 Å². The molecule has 0 bridgehead atoms. The number of halogens is 1. The third-order valence-electron chi connectivity index (χ3n) is 5.97. The van der Waals surface area contributed by atoms with E-state index in [1.807, 2.05) is 4.90 Å². The number of piperidine rings is 1. The van der Waals surface area contributed by atoms with Crippen LogP contribution in [0.5, 0.6) is 0 Å². The van der Waals surface area contributed by atoms with E-state index in [0.29, 0.717) is 36.1 Å². The van der Waals surface area contributed by atoms with Crippen molar-refractivity contribution in [1.82, 2.24) is 4.90 Å². The van der Waals surface area contributed by atoms with Crippen LogP contribution >= 0.6 is 15.9 Å². The Hall–Kier alpha value is -1.41. The number of sulfone groups is 1. The Morgan fingerprint density at radius 1 is 1.14 bits per heavy atom. The van der Waals surface area contributed by atoms with Crippen LogP contribution in [0.2, 0.25) is 0 Å². The van der Waals surface area contributed by atoms with Gasteiger partial charge < -0.3 is 9.80 Å². The van der Waals surface area contributed by atoms with Gasteiger partial charge >= 0.3 is 0 Å². The molecule has 0 aromatic heterocycles. The smallest absolute Gasteiger partial charge is 0.226 e. The molecule has 0 radical (unpaired) electrons. The Morgan fingerprint density at radius 3 is 2.59 bits per heavy atom. The van der Waals surface area contributed by atoms with Gasteiger partial charge in [0, 0.05) is 42.1 Å². The van der Waals surface area contributed by atoms with E-state index in [4.69, 9.17) is 0 Å². The van der Waals surface area contributed by atoms with Crippen molar-refractivity contribution in [2.24, 2.45) is 0 Å². The normalized spacial score (nSPS) is 19.3. The van der Waals surface area contributed by atoms with Crippen LogP contribution in [-0.4, -0.2) is 50.0 Å². The Bertz CT molecular complexity index is 900. The SMILES string of the molecule is CCC(=O)N1CCc2cc(Br)c(S(=O)(=O)CCC(=O)N3CCCC[C@@H]3CC)cc21.